The van der Waals surface area contributed by atoms with Crippen LogP contribution in [0.2, 0.25) is 0 Å². The third kappa shape index (κ3) is 2.99. The van der Waals surface area contributed by atoms with Crippen LogP contribution in [0.3, 0.4) is 0 Å². The number of aromatic nitrogens is 1. The van der Waals surface area contributed by atoms with Gasteiger partial charge in [-0.15, -0.1) is 0 Å². The molecule has 0 aliphatic rings. The van der Waals surface area contributed by atoms with E-state index < -0.39 is 11.6 Å². The molecule has 2 aromatic carbocycles. The maximum atomic E-state index is 12.6. The number of hydrogen-bond acceptors (Lipinski definition) is 5. The molecule has 0 saturated heterocycles. The fourth-order valence-electron chi connectivity index (χ4n) is 2.69. The second-order valence-electron chi connectivity index (χ2n) is 5.80. The number of nitrogens with zero attached hydrogens (tertiary/aromatic N) is 1. The van der Waals surface area contributed by atoms with Crippen molar-refractivity contribution in [1.29, 1.82) is 0 Å². The molecule has 0 amide bonds. The Labute approximate surface area is 156 Å². The maximum Gasteiger partial charge on any atom is 0.351 e. The number of carbonyl (C=O) groups is 1. The maximum absolute atomic E-state index is 12.6. The number of halogens is 1. The number of pyridine rings is 1. The molecular weight excluding hydrogens is 398 g/mol. The van der Waals surface area contributed by atoms with Crippen LogP contribution in [0.1, 0.15) is 16.1 Å². The fourth-order valence-corrected chi connectivity index (χ4v) is 3.07. The van der Waals surface area contributed by atoms with Crippen LogP contribution < -0.4 is 10.4 Å². The van der Waals surface area contributed by atoms with Crippen LogP contribution >= 0.6 is 15.9 Å². The highest BCUT2D eigenvalue weighted by Crippen LogP contribution is 2.25. The summed E-state index contributed by atoms with van der Waals surface area (Å²) in [5.74, 6) is -0.485. The lowest BCUT2D eigenvalue weighted by Gasteiger charge is -2.08. The quantitative estimate of drug-likeness (QED) is 0.274. The van der Waals surface area contributed by atoms with E-state index in [4.69, 9.17) is 9.15 Å². The van der Waals surface area contributed by atoms with Crippen molar-refractivity contribution in [3.63, 3.8) is 0 Å². The van der Waals surface area contributed by atoms with Gasteiger partial charge >= 0.3 is 11.6 Å². The van der Waals surface area contributed by atoms with Crippen molar-refractivity contribution in [2.75, 3.05) is 0 Å². The molecule has 0 atom stereocenters. The number of aryl methyl sites for hydroxylation is 1. The van der Waals surface area contributed by atoms with E-state index in [0.29, 0.717) is 22.2 Å². The van der Waals surface area contributed by atoms with Gasteiger partial charge in [0.1, 0.15) is 16.7 Å². The summed E-state index contributed by atoms with van der Waals surface area (Å²) in [5, 5.41) is 1.47. The summed E-state index contributed by atoms with van der Waals surface area (Å²) in [4.78, 5) is 29.2. The van der Waals surface area contributed by atoms with Crippen molar-refractivity contribution in [3.05, 3.63) is 80.7 Å². The monoisotopic (exact) mass is 409 g/mol. The van der Waals surface area contributed by atoms with Crippen LogP contribution in [0.15, 0.2) is 68.3 Å². The second kappa shape index (κ2) is 6.38. The third-order valence-electron chi connectivity index (χ3n) is 3.94. The van der Waals surface area contributed by atoms with Gasteiger partial charge in [-0.1, -0.05) is 34.1 Å². The van der Waals surface area contributed by atoms with Crippen molar-refractivity contribution >= 4 is 43.8 Å². The summed E-state index contributed by atoms with van der Waals surface area (Å²) >= 11 is 3.36. The first kappa shape index (κ1) is 16.5. The Hall–Kier alpha value is -2.99. The fraction of sp³-hybridized carbons (Fsp3) is 0.0500. The van der Waals surface area contributed by atoms with Gasteiger partial charge in [0.05, 0.1) is 0 Å². The van der Waals surface area contributed by atoms with Gasteiger partial charge < -0.3 is 9.15 Å². The average molecular weight is 410 g/mol. The highest BCUT2D eigenvalue weighted by atomic mass is 79.9. The van der Waals surface area contributed by atoms with Crippen LogP contribution in [0.4, 0.5) is 0 Å². The van der Waals surface area contributed by atoms with Gasteiger partial charge in [-0.25, -0.2) is 14.6 Å². The van der Waals surface area contributed by atoms with E-state index in [2.05, 4.69) is 20.9 Å². The van der Waals surface area contributed by atoms with Gasteiger partial charge in [0.15, 0.2) is 5.75 Å². The summed E-state index contributed by atoms with van der Waals surface area (Å²) in [6.07, 6.45) is 0. The molecule has 128 valence electrons. The molecule has 0 aliphatic heterocycles. The largest absolute Gasteiger partial charge is 0.422 e. The SMILES string of the molecule is Cc1ccc2cccc(OC(=O)c3cc4cc(Br)ccc4oc3=O)c2n1. The Balaban J connectivity index is 1.77. The number of para-hydroxylation sites is 1. The molecule has 0 N–H and O–H groups in total. The number of esters is 1. The van der Waals surface area contributed by atoms with E-state index >= 15 is 0 Å². The van der Waals surface area contributed by atoms with Gasteiger partial charge in [-0.05, 0) is 43.3 Å². The molecule has 6 heteroatoms. The smallest absolute Gasteiger partial charge is 0.351 e. The van der Waals surface area contributed by atoms with Crippen molar-refractivity contribution in [3.8, 4) is 5.75 Å². The summed E-state index contributed by atoms with van der Waals surface area (Å²) in [6.45, 7) is 1.86. The normalized spacial score (nSPS) is 11.0. The lowest BCUT2D eigenvalue weighted by atomic mass is 10.2. The second-order valence-corrected chi connectivity index (χ2v) is 6.72. The van der Waals surface area contributed by atoms with Crippen molar-refractivity contribution in [1.82, 2.24) is 4.98 Å². The van der Waals surface area contributed by atoms with E-state index in [9.17, 15) is 9.59 Å². The average Bonchev–Trinajstić information content (AvgIpc) is 2.62. The number of hydrogen-bond donors (Lipinski definition) is 0. The zero-order valence-corrected chi connectivity index (χ0v) is 15.2. The standard InChI is InChI=1S/C20H12BrNO4/c1-11-5-6-12-3-2-4-17(18(12)22-11)26-20(24)15-10-13-9-14(21)7-8-16(13)25-19(15)23/h2-10H,1H3. The van der Waals surface area contributed by atoms with E-state index in [0.717, 1.165) is 15.6 Å². The van der Waals surface area contributed by atoms with Crippen LogP contribution in [-0.2, 0) is 0 Å². The number of benzene rings is 2. The van der Waals surface area contributed by atoms with E-state index in [1.54, 1.807) is 30.3 Å². The zero-order chi connectivity index (χ0) is 18.3. The Morgan fingerprint density at radius 3 is 2.77 bits per heavy atom. The van der Waals surface area contributed by atoms with Crippen LogP contribution in [0, 0.1) is 6.92 Å². The molecule has 0 saturated carbocycles. The molecule has 0 spiro atoms. The molecule has 0 aliphatic carbocycles. The predicted octanol–water partition coefficient (Wildman–Crippen LogP) is 4.63. The molecule has 0 radical (unpaired) electrons. The van der Waals surface area contributed by atoms with E-state index in [-0.39, 0.29) is 5.56 Å². The molecular formula is C20H12BrNO4. The van der Waals surface area contributed by atoms with Gasteiger partial charge in [-0.2, -0.15) is 0 Å². The lowest BCUT2D eigenvalue weighted by molar-refractivity contribution is 0.0732. The predicted molar refractivity (Wildman–Crippen MR) is 102 cm³/mol. The minimum Gasteiger partial charge on any atom is -0.422 e. The first-order valence-electron chi connectivity index (χ1n) is 7.83. The summed E-state index contributed by atoms with van der Waals surface area (Å²) in [6, 6.07) is 15.7. The Morgan fingerprint density at radius 1 is 1.08 bits per heavy atom. The lowest BCUT2D eigenvalue weighted by Crippen LogP contribution is -2.18. The molecule has 26 heavy (non-hydrogen) atoms. The summed E-state index contributed by atoms with van der Waals surface area (Å²) in [5.41, 5.74) is 0.858. The zero-order valence-electron chi connectivity index (χ0n) is 13.7. The van der Waals surface area contributed by atoms with Crippen LogP contribution in [-0.4, -0.2) is 11.0 Å². The van der Waals surface area contributed by atoms with Crippen molar-refractivity contribution in [2.45, 2.75) is 6.92 Å². The van der Waals surface area contributed by atoms with Gasteiger partial charge in [0, 0.05) is 20.9 Å². The van der Waals surface area contributed by atoms with E-state index in [1.165, 1.54) is 6.07 Å². The molecule has 4 rings (SSSR count). The minimum absolute atomic E-state index is 0.166. The molecule has 5 nitrogen and oxygen atoms in total. The molecule has 4 aromatic rings. The minimum atomic E-state index is -0.781. The van der Waals surface area contributed by atoms with Gasteiger partial charge in [0.2, 0.25) is 0 Å². The summed E-state index contributed by atoms with van der Waals surface area (Å²) < 4.78 is 11.5. The van der Waals surface area contributed by atoms with Crippen molar-refractivity contribution in [2.24, 2.45) is 0 Å². The molecule has 0 unspecified atom stereocenters. The third-order valence-corrected chi connectivity index (χ3v) is 4.43. The van der Waals surface area contributed by atoms with Crippen LogP contribution in [0.5, 0.6) is 5.75 Å². The number of ether oxygens (including phenoxy) is 1. The Morgan fingerprint density at radius 2 is 1.92 bits per heavy atom. The molecule has 0 bridgehead atoms. The van der Waals surface area contributed by atoms with Crippen molar-refractivity contribution < 1.29 is 13.9 Å². The first-order chi connectivity index (χ1) is 12.5. The van der Waals surface area contributed by atoms with Crippen LogP contribution in [0.25, 0.3) is 21.9 Å². The topological polar surface area (TPSA) is 69.4 Å². The Bertz CT molecular complexity index is 1230. The first-order valence-corrected chi connectivity index (χ1v) is 8.62. The van der Waals surface area contributed by atoms with E-state index in [1.807, 2.05) is 25.1 Å². The number of rotatable bonds is 2. The molecule has 2 aromatic heterocycles. The number of fused-ring (bicyclic) bond motifs is 2. The van der Waals surface area contributed by atoms with Gasteiger partial charge in [0.25, 0.3) is 0 Å². The highest BCUT2D eigenvalue weighted by Gasteiger charge is 2.18. The Kier molecular flexibility index (Phi) is 4.05. The number of carbonyl (C=O) groups excluding carboxylic acids is 1. The van der Waals surface area contributed by atoms with Gasteiger partial charge in [-0.3, -0.25) is 0 Å². The molecule has 2 heterocycles. The summed E-state index contributed by atoms with van der Waals surface area (Å²) in [7, 11) is 0. The molecule has 0 fully saturated rings. The highest BCUT2D eigenvalue weighted by molar-refractivity contribution is 9.10.